The first-order valence-corrected chi connectivity index (χ1v) is 9.00. The van der Waals surface area contributed by atoms with E-state index in [1.807, 2.05) is 18.2 Å². The quantitative estimate of drug-likeness (QED) is 0.833. The number of anilines is 1. The minimum Gasteiger partial charge on any atom is -0.342 e. The topological polar surface area (TPSA) is 52.8 Å². The Kier molecular flexibility index (Phi) is 4.92. The van der Waals surface area contributed by atoms with Gasteiger partial charge in [0, 0.05) is 24.5 Å². The zero-order chi connectivity index (χ0) is 16.2. The van der Waals surface area contributed by atoms with E-state index in [0.717, 1.165) is 42.3 Å². The molecule has 1 saturated heterocycles. The summed E-state index contributed by atoms with van der Waals surface area (Å²) in [5.74, 6) is 1.37. The van der Waals surface area contributed by atoms with Crippen molar-refractivity contribution in [3.05, 3.63) is 41.7 Å². The van der Waals surface area contributed by atoms with Crippen molar-refractivity contribution >= 4 is 16.7 Å². The predicted octanol–water partition coefficient (Wildman–Crippen LogP) is 4.01. The van der Waals surface area contributed by atoms with Crippen LogP contribution in [0.1, 0.15) is 44.0 Å². The molecule has 2 heterocycles. The van der Waals surface area contributed by atoms with Crippen molar-refractivity contribution in [2.45, 2.75) is 45.1 Å². The largest absolute Gasteiger partial charge is 0.342 e. The van der Waals surface area contributed by atoms with Gasteiger partial charge in [0.15, 0.2) is 0 Å². The number of nitrogens with zero attached hydrogens (tertiary/aromatic N) is 4. The smallest absolute Gasteiger partial charge is 0.205 e. The zero-order valence-corrected chi connectivity index (χ0v) is 14.5. The van der Waals surface area contributed by atoms with Crippen LogP contribution in [0.5, 0.6) is 0 Å². The molecule has 1 aromatic heterocycles. The summed E-state index contributed by atoms with van der Waals surface area (Å²) in [7, 11) is 0. The van der Waals surface area contributed by atoms with Crippen molar-refractivity contribution in [3.63, 3.8) is 0 Å². The average molecular weight is 326 g/mol. The first-order valence-electron chi connectivity index (χ1n) is 8.23. The maximum Gasteiger partial charge on any atom is 0.205 e. The van der Waals surface area contributed by atoms with Crippen molar-refractivity contribution in [1.82, 2.24) is 9.36 Å². The van der Waals surface area contributed by atoms with E-state index in [4.69, 9.17) is 4.98 Å². The van der Waals surface area contributed by atoms with Crippen LogP contribution in [0.2, 0.25) is 0 Å². The highest BCUT2D eigenvalue weighted by atomic mass is 32.1. The van der Waals surface area contributed by atoms with Crippen LogP contribution in [0.3, 0.4) is 0 Å². The normalized spacial score (nSPS) is 19.0. The van der Waals surface area contributed by atoms with Crippen molar-refractivity contribution in [1.29, 1.82) is 5.26 Å². The molecule has 120 valence electrons. The van der Waals surface area contributed by atoms with Crippen LogP contribution >= 0.6 is 11.5 Å². The van der Waals surface area contributed by atoms with Crippen molar-refractivity contribution in [2.75, 3.05) is 11.4 Å². The highest BCUT2D eigenvalue weighted by Gasteiger charge is 2.34. The van der Waals surface area contributed by atoms with Gasteiger partial charge in [-0.15, -0.1) is 0 Å². The molecule has 0 N–H and O–H groups in total. The fraction of sp³-hybridized carbons (Fsp3) is 0.500. The summed E-state index contributed by atoms with van der Waals surface area (Å²) in [5, 5.41) is 10.7. The van der Waals surface area contributed by atoms with Gasteiger partial charge >= 0.3 is 0 Å². The summed E-state index contributed by atoms with van der Waals surface area (Å²) in [4.78, 5) is 7.01. The number of aromatic nitrogens is 2. The van der Waals surface area contributed by atoms with Gasteiger partial charge in [0.05, 0.1) is 18.0 Å². The summed E-state index contributed by atoms with van der Waals surface area (Å²) in [6, 6.07) is 12.8. The van der Waals surface area contributed by atoms with E-state index in [1.165, 1.54) is 11.5 Å². The maximum absolute atomic E-state index is 9.72. The molecule has 0 aliphatic carbocycles. The molecule has 1 fully saturated rings. The molecule has 1 aliphatic rings. The van der Waals surface area contributed by atoms with Gasteiger partial charge in [-0.25, -0.2) is 4.98 Å². The maximum atomic E-state index is 9.72. The number of hydrogen-bond acceptors (Lipinski definition) is 5. The van der Waals surface area contributed by atoms with Crippen LogP contribution in [0.25, 0.3) is 0 Å². The Morgan fingerprint density at radius 2 is 2.13 bits per heavy atom. The summed E-state index contributed by atoms with van der Waals surface area (Å²) in [5.41, 5.74) is 1.10. The molecule has 0 amide bonds. The predicted molar refractivity (Wildman–Crippen MR) is 93.6 cm³/mol. The molecule has 1 aliphatic heterocycles. The number of benzene rings is 1. The van der Waals surface area contributed by atoms with E-state index >= 15 is 0 Å². The monoisotopic (exact) mass is 326 g/mol. The van der Waals surface area contributed by atoms with E-state index < -0.39 is 0 Å². The third-order valence-corrected chi connectivity index (χ3v) is 5.07. The minimum absolute atomic E-state index is 0.115. The standard InChI is InChI=1S/C18H22N4S/c1-13(2)11-17-20-18(23-21-17)22-10-6-9-16(22)15(12-19)14-7-4-3-5-8-14/h3-5,7-8,13,15-16H,6,9-11H2,1-2H3. The Labute approximate surface area is 142 Å². The molecular formula is C18H22N4S. The van der Waals surface area contributed by atoms with E-state index in [-0.39, 0.29) is 12.0 Å². The van der Waals surface area contributed by atoms with Gasteiger partial charge in [-0.2, -0.15) is 9.64 Å². The highest BCUT2D eigenvalue weighted by molar-refractivity contribution is 7.09. The van der Waals surface area contributed by atoms with E-state index in [1.54, 1.807) is 0 Å². The van der Waals surface area contributed by atoms with Crippen LogP contribution < -0.4 is 4.90 Å². The Balaban J connectivity index is 1.82. The molecule has 0 spiro atoms. The first-order chi connectivity index (χ1) is 11.2. The van der Waals surface area contributed by atoms with Gasteiger partial charge in [0.25, 0.3) is 0 Å². The van der Waals surface area contributed by atoms with Crippen molar-refractivity contribution < 1.29 is 0 Å². The van der Waals surface area contributed by atoms with Crippen LogP contribution in [-0.2, 0) is 6.42 Å². The van der Waals surface area contributed by atoms with E-state index in [2.05, 4.69) is 41.3 Å². The Bertz CT molecular complexity index is 674. The minimum atomic E-state index is -0.115. The lowest BCUT2D eigenvalue weighted by Gasteiger charge is -2.27. The van der Waals surface area contributed by atoms with Crippen LogP contribution in [0.4, 0.5) is 5.13 Å². The second-order valence-electron chi connectivity index (χ2n) is 6.51. The van der Waals surface area contributed by atoms with Gasteiger partial charge < -0.3 is 4.90 Å². The zero-order valence-electron chi connectivity index (χ0n) is 13.6. The SMILES string of the molecule is CC(C)Cc1nsc(N2CCCC2C(C#N)c2ccccc2)n1. The molecule has 2 atom stereocenters. The van der Waals surface area contributed by atoms with Gasteiger partial charge in [-0.05, 0) is 24.3 Å². The van der Waals surface area contributed by atoms with Crippen LogP contribution in [0, 0.1) is 17.2 Å². The Hall–Kier alpha value is -1.93. The molecule has 5 heteroatoms. The molecule has 2 aromatic rings. The van der Waals surface area contributed by atoms with Gasteiger partial charge in [0.2, 0.25) is 5.13 Å². The van der Waals surface area contributed by atoms with Gasteiger partial charge in [-0.1, -0.05) is 44.2 Å². The van der Waals surface area contributed by atoms with E-state index in [0.29, 0.717) is 5.92 Å². The lowest BCUT2D eigenvalue weighted by atomic mass is 9.91. The summed E-state index contributed by atoms with van der Waals surface area (Å²) < 4.78 is 4.50. The summed E-state index contributed by atoms with van der Waals surface area (Å²) >= 11 is 1.47. The fourth-order valence-electron chi connectivity index (χ4n) is 3.23. The van der Waals surface area contributed by atoms with E-state index in [9.17, 15) is 5.26 Å². The number of rotatable bonds is 5. The Morgan fingerprint density at radius 3 is 2.83 bits per heavy atom. The molecule has 0 bridgehead atoms. The third-order valence-electron chi connectivity index (χ3n) is 4.28. The highest BCUT2D eigenvalue weighted by Crippen LogP contribution is 2.35. The lowest BCUT2D eigenvalue weighted by molar-refractivity contribution is 0.605. The molecule has 1 aromatic carbocycles. The van der Waals surface area contributed by atoms with Crippen molar-refractivity contribution in [2.24, 2.45) is 5.92 Å². The lowest BCUT2D eigenvalue weighted by Crippen LogP contribution is -2.34. The van der Waals surface area contributed by atoms with Crippen LogP contribution in [-0.4, -0.2) is 21.9 Å². The van der Waals surface area contributed by atoms with Crippen molar-refractivity contribution in [3.8, 4) is 6.07 Å². The number of nitriles is 1. The molecule has 0 saturated carbocycles. The first kappa shape index (κ1) is 15.9. The molecule has 3 rings (SSSR count). The van der Waals surface area contributed by atoms with Gasteiger partial charge in [-0.3, -0.25) is 0 Å². The summed E-state index contributed by atoms with van der Waals surface area (Å²) in [6.45, 7) is 5.33. The molecule has 23 heavy (non-hydrogen) atoms. The second-order valence-corrected chi connectivity index (χ2v) is 7.24. The Morgan fingerprint density at radius 1 is 1.35 bits per heavy atom. The molecule has 0 radical (unpaired) electrons. The molecule has 2 unspecified atom stereocenters. The van der Waals surface area contributed by atoms with Crippen LogP contribution in [0.15, 0.2) is 30.3 Å². The average Bonchev–Trinajstić information content (AvgIpc) is 3.18. The number of hydrogen-bond donors (Lipinski definition) is 0. The fourth-order valence-corrected chi connectivity index (χ4v) is 4.01. The molecular weight excluding hydrogens is 304 g/mol. The summed E-state index contributed by atoms with van der Waals surface area (Å²) in [6.07, 6.45) is 3.05. The second kappa shape index (κ2) is 7.10. The molecule has 4 nitrogen and oxygen atoms in total. The van der Waals surface area contributed by atoms with Gasteiger partial charge in [0.1, 0.15) is 5.82 Å². The third kappa shape index (κ3) is 3.53.